The number of hydrogen-bond acceptors (Lipinski definition) is 4. The van der Waals surface area contributed by atoms with E-state index >= 15 is 0 Å². The van der Waals surface area contributed by atoms with Gasteiger partial charge in [-0.25, -0.2) is 0 Å². The van der Waals surface area contributed by atoms with Gasteiger partial charge >= 0.3 is 23.1 Å². The van der Waals surface area contributed by atoms with E-state index in [0.717, 1.165) is 38.5 Å². The van der Waals surface area contributed by atoms with Gasteiger partial charge in [-0.2, -0.15) is 0 Å². The second-order valence-corrected chi connectivity index (χ2v) is 6.11. The van der Waals surface area contributed by atoms with Crippen LogP contribution in [0.15, 0.2) is 0 Å². The Bertz CT molecular complexity index is 310. The van der Waals surface area contributed by atoms with E-state index < -0.39 is 17.4 Å². The van der Waals surface area contributed by atoms with E-state index in [1.165, 1.54) is 0 Å². The van der Waals surface area contributed by atoms with Gasteiger partial charge < -0.3 is 19.8 Å². The summed E-state index contributed by atoms with van der Waals surface area (Å²) in [5.74, 6) is -3.43. The normalized spacial score (nSPS) is 22.0. The second-order valence-electron chi connectivity index (χ2n) is 6.11. The van der Waals surface area contributed by atoms with Crippen LogP contribution in [0.25, 0.3) is 0 Å². The van der Waals surface area contributed by atoms with Crippen molar-refractivity contribution in [2.75, 3.05) is 0 Å². The molecule has 0 aromatic carbocycles. The van der Waals surface area contributed by atoms with E-state index in [4.69, 9.17) is 0 Å². The molecule has 2 aliphatic rings. The first-order chi connectivity index (χ1) is 9.10. The minimum Gasteiger partial charge on any atom is -0.549 e. The van der Waals surface area contributed by atoms with Crippen molar-refractivity contribution in [1.82, 2.24) is 0 Å². The van der Waals surface area contributed by atoms with Crippen LogP contribution in [0.2, 0.25) is 0 Å². The first-order valence-electron chi connectivity index (χ1n) is 7.53. The van der Waals surface area contributed by atoms with E-state index in [1.54, 1.807) is 0 Å². The SMILES string of the molecule is O=C([O-])C(C(=O)[O-])(C1CCCCC1)C1CCCCC1.[Mg+2]. The fraction of sp³-hybridized carbons (Fsp3) is 0.867. The molecule has 2 aliphatic carbocycles. The Hall–Kier alpha value is -0.294. The van der Waals surface area contributed by atoms with Crippen LogP contribution in [-0.2, 0) is 9.59 Å². The number of rotatable bonds is 4. The summed E-state index contributed by atoms with van der Waals surface area (Å²) in [5, 5.41) is 23.5. The fourth-order valence-corrected chi connectivity index (χ4v) is 4.20. The van der Waals surface area contributed by atoms with Gasteiger partial charge in [-0.05, 0) is 37.5 Å². The topological polar surface area (TPSA) is 80.3 Å². The zero-order chi connectivity index (χ0) is 13.9. The molecule has 2 fully saturated rings. The molecule has 0 aliphatic heterocycles. The van der Waals surface area contributed by atoms with Crippen LogP contribution in [-0.4, -0.2) is 35.0 Å². The molecule has 5 heteroatoms. The standard InChI is InChI=1S/C15H24O4.Mg/c16-13(17)15(14(18)19,11-7-3-1-4-8-11)12-9-5-2-6-10-12;/h11-12H,1-10H2,(H,16,17)(H,18,19);/q;+2/p-2. The molecule has 0 bridgehead atoms. The average Bonchev–Trinajstić information content (AvgIpc) is 2.41. The van der Waals surface area contributed by atoms with Gasteiger partial charge in [-0.3, -0.25) is 0 Å². The molecule has 2 rings (SSSR count). The van der Waals surface area contributed by atoms with Crippen molar-refractivity contribution < 1.29 is 19.8 Å². The van der Waals surface area contributed by atoms with Crippen molar-refractivity contribution in [1.29, 1.82) is 0 Å². The molecule has 0 saturated heterocycles. The molecule has 0 spiro atoms. The molecule has 0 amide bonds. The minimum absolute atomic E-state index is 0. The maximum absolute atomic E-state index is 11.7. The third-order valence-electron chi connectivity index (χ3n) is 5.17. The zero-order valence-electron chi connectivity index (χ0n) is 12.1. The predicted octanol–water partition coefficient (Wildman–Crippen LogP) is 0.252. The molecule has 2 saturated carbocycles. The third-order valence-corrected chi connectivity index (χ3v) is 5.17. The Balaban J connectivity index is 0.00000200. The summed E-state index contributed by atoms with van der Waals surface area (Å²) in [6.45, 7) is 0. The van der Waals surface area contributed by atoms with Gasteiger partial charge in [0.25, 0.3) is 0 Å². The van der Waals surface area contributed by atoms with E-state index in [0.29, 0.717) is 25.7 Å². The Morgan fingerprint density at radius 3 is 1.25 bits per heavy atom. The summed E-state index contributed by atoms with van der Waals surface area (Å²) in [4.78, 5) is 23.5. The van der Waals surface area contributed by atoms with Crippen molar-refractivity contribution in [2.45, 2.75) is 64.2 Å². The monoisotopic (exact) mass is 290 g/mol. The van der Waals surface area contributed by atoms with Gasteiger partial charge in [0.1, 0.15) is 0 Å². The van der Waals surface area contributed by atoms with E-state index in [-0.39, 0.29) is 34.9 Å². The number of carboxylic acids is 2. The summed E-state index contributed by atoms with van der Waals surface area (Å²) < 4.78 is 0. The number of aliphatic carboxylic acids is 2. The van der Waals surface area contributed by atoms with Gasteiger partial charge in [0.05, 0.1) is 17.4 Å². The van der Waals surface area contributed by atoms with Gasteiger partial charge in [-0.1, -0.05) is 38.5 Å². The summed E-state index contributed by atoms with van der Waals surface area (Å²) in [6, 6.07) is 0. The predicted molar refractivity (Wildman–Crippen MR) is 71.4 cm³/mol. The molecule has 4 nitrogen and oxygen atoms in total. The molecule has 0 radical (unpaired) electrons. The first kappa shape index (κ1) is 17.8. The number of carboxylic acid groups (broad SMARTS) is 2. The maximum Gasteiger partial charge on any atom is 2.00 e. The molecule has 0 heterocycles. The van der Waals surface area contributed by atoms with Crippen molar-refractivity contribution in [3.63, 3.8) is 0 Å². The fourth-order valence-electron chi connectivity index (χ4n) is 4.20. The Morgan fingerprint density at radius 1 is 0.700 bits per heavy atom. The van der Waals surface area contributed by atoms with Gasteiger partial charge in [0.2, 0.25) is 0 Å². The van der Waals surface area contributed by atoms with Crippen LogP contribution >= 0.6 is 0 Å². The number of hydrogen-bond donors (Lipinski definition) is 0. The largest absolute Gasteiger partial charge is 2.00 e. The summed E-state index contributed by atoms with van der Waals surface area (Å²) >= 11 is 0. The van der Waals surface area contributed by atoms with Crippen LogP contribution < -0.4 is 10.2 Å². The molecule has 0 N–H and O–H groups in total. The molecule has 20 heavy (non-hydrogen) atoms. The molecular formula is C15H22MgO4. The summed E-state index contributed by atoms with van der Waals surface area (Å²) in [5.41, 5.74) is -1.75. The van der Waals surface area contributed by atoms with Crippen LogP contribution in [0, 0.1) is 17.3 Å². The third kappa shape index (κ3) is 3.13. The average molecular weight is 291 g/mol. The Morgan fingerprint density at radius 2 is 1.00 bits per heavy atom. The Labute approximate surface area is 136 Å². The van der Waals surface area contributed by atoms with Crippen molar-refractivity contribution in [2.24, 2.45) is 17.3 Å². The van der Waals surface area contributed by atoms with Crippen LogP contribution in [0.4, 0.5) is 0 Å². The summed E-state index contributed by atoms with van der Waals surface area (Å²) in [6.07, 6.45) is 8.52. The number of carbonyl (C=O) groups is 2. The molecule has 108 valence electrons. The second kappa shape index (κ2) is 7.64. The molecular weight excluding hydrogens is 268 g/mol. The van der Waals surface area contributed by atoms with Gasteiger partial charge in [0, 0.05) is 0 Å². The smallest absolute Gasteiger partial charge is 0.549 e. The van der Waals surface area contributed by atoms with Gasteiger partial charge in [-0.15, -0.1) is 0 Å². The zero-order valence-corrected chi connectivity index (χ0v) is 13.5. The van der Waals surface area contributed by atoms with Crippen molar-refractivity contribution in [3.8, 4) is 0 Å². The van der Waals surface area contributed by atoms with Crippen LogP contribution in [0.5, 0.6) is 0 Å². The Kier molecular flexibility index (Phi) is 6.78. The van der Waals surface area contributed by atoms with E-state index in [2.05, 4.69) is 0 Å². The van der Waals surface area contributed by atoms with Crippen LogP contribution in [0.1, 0.15) is 64.2 Å². The maximum atomic E-state index is 11.7. The molecule has 0 aromatic heterocycles. The quantitative estimate of drug-likeness (QED) is 0.549. The minimum atomic E-state index is -1.75. The molecule has 0 unspecified atom stereocenters. The van der Waals surface area contributed by atoms with Gasteiger partial charge in [0.15, 0.2) is 0 Å². The molecule has 0 aromatic rings. The number of carbonyl (C=O) groups excluding carboxylic acids is 2. The van der Waals surface area contributed by atoms with E-state index in [1.807, 2.05) is 0 Å². The summed E-state index contributed by atoms with van der Waals surface area (Å²) in [7, 11) is 0. The van der Waals surface area contributed by atoms with Crippen LogP contribution in [0.3, 0.4) is 0 Å². The van der Waals surface area contributed by atoms with Crippen molar-refractivity contribution in [3.05, 3.63) is 0 Å². The molecule has 0 atom stereocenters. The van der Waals surface area contributed by atoms with E-state index in [9.17, 15) is 19.8 Å². The first-order valence-corrected chi connectivity index (χ1v) is 7.53. The van der Waals surface area contributed by atoms with Crippen molar-refractivity contribution >= 4 is 35.0 Å².